The number of rotatable bonds is 6. The van der Waals surface area contributed by atoms with E-state index < -0.39 is 5.60 Å². The van der Waals surface area contributed by atoms with Crippen LogP contribution in [-0.4, -0.2) is 41.9 Å². The number of ether oxygens (including phenoxy) is 2. The van der Waals surface area contributed by atoms with Gasteiger partial charge in [-0.2, -0.15) is 11.8 Å². The monoisotopic (exact) mass is 447 g/mol. The fourth-order valence-electron chi connectivity index (χ4n) is 3.36. The van der Waals surface area contributed by atoms with Gasteiger partial charge in [-0.15, -0.1) is 0 Å². The second-order valence-corrected chi connectivity index (χ2v) is 10.3. The van der Waals surface area contributed by atoms with Gasteiger partial charge in [-0.25, -0.2) is 0 Å². The van der Waals surface area contributed by atoms with Crippen molar-refractivity contribution in [2.45, 2.75) is 45.0 Å². The van der Waals surface area contributed by atoms with Gasteiger partial charge >= 0.3 is 5.97 Å². The lowest BCUT2D eigenvalue weighted by Crippen LogP contribution is -2.36. The lowest BCUT2D eigenvalue weighted by molar-refractivity contribution is -0.155. The molecule has 0 spiro atoms. The van der Waals surface area contributed by atoms with Crippen LogP contribution in [0.2, 0.25) is 5.02 Å². The first-order chi connectivity index (χ1) is 14.2. The maximum absolute atomic E-state index is 12.0. The summed E-state index contributed by atoms with van der Waals surface area (Å²) >= 11 is 8.23. The predicted molar refractivity (Wildman–Crippen MR) is 125 cm³/mol. The van der Waals surface area contributed by atoms with Crippen LogP contribution in [-0.2, 0) is 9.53 Å². The third-order valence-electron chi connectivity index (χ3n) is 4.84. The van der Waals surface area contributed by atoms with Crippen molar-refractivity contribution in [2.24, 2.45) is 0 Å². The van der Waals surface area contributed by atoms with Crippen molar-refractivity contribution in [1.82, 2.24) is 4.90 Å². The standard InChI is InChI=1S/C24H30ClNO3S/c1-17-6-5-7-20(25)23(17)28-19-10-8-18(9-11-19)21-16-26(14-15-30-21)13-12-22(27)29-24(2,3)4/h5-11,21H,12-16H2,1-4H3. The first kappa shape index (κ1) is 23.0. The molecular weight excluding hydrogens is 418 g/mol. The smallest absolute Gasteiger partial charge is 0.307 e. The van der Waals surface area contributed by atoms with Crippen LogP contribution in [0.4, 0.5) is 0 Å². The number of hydrogen-bond donors (Lipinski definition) is 0. The zero-order valence-electron chi connectivity index (χ0n) is 18.1. The Morgan fingerprint density at radius 1 is 1.20 bits per heavy atom. The largest absolute Gasteiger partial charge is 0.460 e. The topological polar surface area (TPSA) is 38.8 Å². The normalized spacial score (nSPS) is 17.6. The van der Waals surface area contributed by atoms with Crippen molar-refractivity contribution < 1.29 is 14.3 Å². The van der Waals surface area contributed by atoms with E-state index in [1.54, 1.807) is 0 Å². The van der Waals surface area contributed by atoms with E-state index in [0.717, 1.165) is 36.7 Å². The van der Waals surface area contributed by atoms with Crippen LogP contribution in [0.25, 0.3) is 0 Å². The molecule has 0 saturated carbocycles. The van der Waals surface area contributed by atoms with Gasteiger partial charge in [-0.1, -0.05) is 35.9 Å². The molecule has 0 N–H and O–H groups in total. The molecule has 1 fully saturated rings. The van der Waals surface area contributed by atoms with Crippen LogP contribution in [0.3, 0.4) is 0 Å². The minimum atomic E-state index is -0.427. The maximum atomic E-state index is 12.0. The summed E-state index contributed by atoms with van der Waals surface area (Å²) in [6.45, 7) is 10.4. The number of nitrogens with zero attached hydrogens (tertiary/aromatic N) is 1. The van der Waals surface area contributed by atoms with E-state index in [2.05, 4.69) is 17.0 Å². The van der Waals surface area contributed by atoms with Gasteiger partial charge in [0.2, 0.25) is 0 Å². The first-order valence-corrected chi connectivity index (χ1v) is 11.7. The van der Waals surface area contributed by atoms with E-state index in [4.69, 9.17) is 21.1 Å². The van der Waals surface area contributed by atoms with Crippen LogP contribution < -0.4 is 4.74 Å². The van der Waals surface area contributed by atoms with Gasteiger partial charge in [0.15, 0.2) is 0 Å². The van der Waals surface area contributed by atoms with Crippen molar-refractivity contribution in [1.29, 1.82) is 0 Å². The summed E-state index contributed by atoms with van der Waals surface area (Å²) in [5.74, 6) is 2.40. The number of benzene rings is 2. The molecule has 1 atom stereocenters. The molecule has 1 saturated heterocycles. The third kappa shape index (κ3) is 6.66. The number of aryl methyl sites for hydroxylation is 1. The van der Waals surface area contributed by atoms with Gasteiger partial charge in [0, 0.05) is 30.6 Å². The van der Waals surface area contributed by atoms with Crippen molar-refractivity contribution in [3.63, 3.8) is 0 Å². The number of esters is 1. The Kier molecular flexibility index (Phi) is 7.72. The number of hydrogen-bond acceptors (Lipinski definition) is 5. The molecule has 0 amide bonds. The summed E-state index contributed by atoms with van der Waals surface area (Å²) in [5.41, 5.74) is 1.85. The molecule has 1 aliphatic heterocycles. The van der Waals surface area contributed by atoms with Crippen LogP contribution in [0.1, 0.15) is 43.6 Å². The summed E-state index contributed by atoms with van der Waals surface area (Å²) in [4.78, 5) is 14.4. The van der Waals surface area contributed by atoms with Gasteiger partial charge in [0.25, 0.3) is 0 Å². The van der Waals surface area contributed by atoms with E-state index in [0.29, 0.717) is 22.4 Å². The summed E-state index contributed by atoms with van der Waals surface area (Å²) in [7, 11) is 0. The zero-order valence-corrected chi connectivity index (χ0v) is 19.7. The highest BCUT2D eigenvalue weighted by Gasteiger charge is 2.23. The summed E-state index contributed by atoms with van der Waals surface area (Å²) in [5, 5.41) is 0.996. The van der Waals surface area contributed by atoms with Gasteiger partial charge < -0.3 is 14.4 Å². The van der Waals surface area contributed by atoms with Crippen LogP contribution in [0, 0.1) is 6.92 Å². The quantitative estimate of drug-likeness (QED) is 0.488. The zero-order chi connectivity index (χ0) is 21.7. The first-order valence-electron chi connectivity index (χ1n) is 10.3. The summed E-state index contributed by atoms with van der Waals surface area (Å²) in [6.07, 6.45) is 0.429. The molecule has 0 bridgehead atoms. The Morgan fingerprint density at radius 2 is 1.93 bits per heavy atom. The lowest BCUT2D eigenvalue weighted by Gasteiger charge is -2.32. The van der Waals surface area contributed by atoms with Crippen molar-refractivity contribution in [3.8, 4) is 11.5 Å². The van der Waals surface area contributed by atoms with Gasteiger partial charge in [0.1, 0.15) is 17.1 Å². The highest BCUT2D eigenvalue weighted by Crippen LogP contribution is 2.36. The second-order valence-electron chi connectivity index (χ2n) is 8.55. The fourth-order valence-corrected chi connectivity index (χ4v) is 4.94. The van der Waals surface area contributed by atoms with Crippen LogP contribution in [0.5, 0.6) is 11.5 Å². The Hall–Kier alpha value is -1.69. The highest BCUT2D eigenvalue weighted by atomic mass is 35.5. The Morgan fingerprint density at radius 3 is 2.60 bits per heavy atom. The molecule has 6 heteroatoms. The Balaban J connectivity index is 1.56. The molecule has 4 nitrogen and oxygen atoms in total. The van der Waals surface area contributed by atoms with Crippen molar-refractivity contribution >= 4 is 29.3 Å². The molecule has 1 aliphatic rings. The maximum Gasteiger partial charge on any atom is 0.307 e. The molecule has 30 heavy (non-hydrogen) atoms. The van der Waals surface area contributed by atoms with Crippen molar-refractivity contribution in [3.05, 3.63) is 58.6 Å². The summed E-state index contributed by atoms with van der Waals surface area (Å²) in [6, 6.07) is 14.0. The number of halogens is 1. The van der Waals surface area contributed by atoms with E-state index in [9.17, 15) is 4.79 Å². The van der Waals surface area contributed by atoms with Crippen molar-refractivity contribution in [2.75, 3.05) is 25.4 Å². The van der Waals surface area contributed by atoms with Crippen LogP contribution in [0.15, 0.2) is 42.5 Å². The van der Waals surface area contributed by atoms with Gasteiger partial charge in [-0.05, 0) is 57.0 Å². The van der Waals surface area contributed by atoms with E-state index in [1.807, 2.05) is 69.8 Å². The molecule has 1 unspecified atom stereocenters. The number of carbonyl (C=O) groups is 1. The number of para-hydroxylation sites is 1. The minimum absolute atomic E-state index is 0.131. The van der Waals surface area contributed by atoms with E-state index >= 15 is 0 Å². The third-order valence-corrected chi connectivity index (χ3v) is 6.38. The summed E-state index contributed by atoms with van der Waals surface area (Å²) < 4.78 is 11.4. The van der Waals surface area contributed by atoms with E-state index in [1.165, 1.54) is 5.56 Å². The lowest BCUT2D eigenvalue weighted by atomic mass is 10.1. The average Bonchev–Trinajstić information content (AvgIpc) is 2.69. The predicted octanol–water partition coefficient (Wildman–Crippen LogP) is 6.26. The molecule has 0 radical (unpaired) electrons. The molecular formula is C24H30ClNO3S. The van der Waals surface area contributed by atoms with E-state index in [-0.39, 0.29) is 5.97 Å². The SMILES string of the molecule is Cc1cccc(Cl)c1Oc1ccc(C2CN(CCC(=O)OC(C)(C)C)CCS2)cc1. The molecule has 2 aromatic rings. The minimum Gasteiger partial charge on any atom is -0.460 e. The molecule has 1 heterocycles. The highest BCUT2D eigenvalue weighted by molar-refractivity contribution is 7.99. The number of thioether (sulfide) groups is 1. The molecule has 162 valence electrons. The van der Waals surface area contributed by atoms with Gasteiger partial charge in [0.05, 0.1) is 11.4 Å². The molecule has 2 aromatic carbocycles. The average molecular weight is 448 g/mol. The Bertz CT molecular complexity index is 843. The molecule has 0 aromatic heterocycles. The van der Waals surface area contributed by atoms with Crippen LogP contribution >= 0.6 is 23.4 Å². The second kappa shape index (κ2) is 10.1. The Labute approximate surface area is 188 Å². The fraction of sp³-hybridized carbons (Fsp3) is 0.458. The number of carbonyl (C=O) groups excluding carboxylic acids is 1. The van der Waals surface area contributed by atoms with Gasteiger partial charge in [-0.3, -0.25) is 4.79 Å². The molecule has 3 rings (SSSR count). The molecule has 0 aliphatic carbocycles.